The zero-order valence-corrected chi connectivity index (χ0v) is 9.27. The van der Waals surface area contributed by atoms with Gasteiger partial charge in [0.1, 0.15) is 22.8 Å². The molecule has 0 radical (unpaired) electrons. The lowest BCUT2D eigenvalue weighted by atomic mass is 10.2. The van der Waals surface area contributed by atoms with Crippen LogP contribution in [0.1, 0.15) is 5.56 Å². The lowest BCUT2D eigenvalue weighted by Gasteiger charge is -2.09. The van der Waals surface area contributed by atoms with Gasteiger partial charge in [-0.25, -0.2) is 9.97 Å². The Morgan fingerprint density at radius 3 is 2.94 bits per heavy atom. The van der Waals surface area contributed by atoms with E-state index in [1.807, 2.05) is 0 Å². The van der Waals surface area contributed by atoms with Crippen molar-refractivity contribution in [1.29, 1.82) is 0 Å². The van der Waals surface area contributed by atoms with Gasteiger partial charge in [-0.2, -0.15) is 0 Å². The number of aromatic hydroxyl groups is 1. The van der Waals surface area contributed by atoms with E-state index in [1.165, 1.54) is 12.5 Å². The third kappa shape index (κ3) is 2.06. The minimum Gasteiger partial charge on any atom is -0.508 e. The fourth-order valence-corrected chi connectivity index (χ4v) is 1.34. The largest absolute Gasteiger partial charge is 0.508 e. The van der Waals surface area contributed by atoms with Crippen molar-refractivity contribution in [3.63, 3.8) is 0 Å². The standard InChI is InChI=1S/C11H9ClN2O2/c1-7-9(15)3-2-4-10(7)16-11-8(12)5-13-6-14-11/h2-6,15H,1H3. The van der Waals surface area contributed by atoms with E-state index in [2.05, 4.69) is 9.97 Å². The summed E-state index contributed by atoms with van der Waals surface area (Å²) in [6, 6.07) is 5.00. The predicted octanol–water partition coefficient (Wildman–Crippen LogP) is 2.94. The van der Waals surface area contributed by atoms with Crippen molar-refractivity contribution in [2.45, 2.75) is 6.92 Å². The molecule has 5 heteroatoms. The maximum absolute atomic E-state index is 9.50. The number of hydrogen-bond acceptors (Lipinski definition) is 4. The van der Waals surface area contributed by atoms with E-state index in [-0.39, 0.29) is 11.6 Å². The molecule has 0 fully saturated rings. The van der Waals surface area contributed by atoms with Crippen molar-refractivity contribution in [1.82, 2.24) is 9.97 Å². The van der Waals surface area contributed by atoms with Crippen LogP contribution in [-0.4, -0.2) is 15.1 Å². The highest BCUT2D eigenvalue weighted by Gasteiger charge is 2.08. The van der Waals surface area contributed by atoms with Gasteiger partial charge in [0.25, 0.3) is 0 Å². The highest BCUT2D eigenvalue weighted by Crippen LogP contribution is 2.31. The molecule has 0 saturated heterocycles. The first kappa shape index (κ1) is 10.7. The molecule has 1 N–H and O–H groups in total. The molecule has 0 atom stereocenters. The van der Waals surface area contributed by atoms with E-state index in [4.69, 9.17) is 16.3 Å². The van der Waals surface area contributed by atoms with E-state index in [0.29, 0.717) is 16.3 Å². The third-order valence-corrected chi connectivity index (χ3v) is 2.36. The molecule has 0 unspecified atom stereocenters. The van der Waals surface area contributed by atoms with Crippen molar-refractivity contribution < 1.29 is 9.84 Å². The number of phenols is 1. The molecule has 82 valence electrons. The van der Waals surface area contributed by atoms with Crippen molar-refractivity contribution in [2.24, 2.45) is 0 Å². The average Bonchev–Trinajstić information content (AvgIpc) is 2.28. The van der Waals surface area contributed by atoms with Gasteiger partial charge in [0.05, 0.1) is 6.20 Å². The maximum atomic E-state index is 9.50. The molecule has 1 aromatic heterocycles. The number of ether oxygens (including phenoxy) is 1. The van der Waals surface area contributed by atoms with Gasteiger partial charge in [0.15, 0.2) is 0 Å². The number of phenolic OH excluding ortho intramolecular Hbond substituents is 1. The van der Waals surface area contributed by atoms with Gasteiger partial charge in [-0.05, 0) is 19.1 Å². The summed E-state index contributed by atoms with van der Waals surface area (Å²) in [6.07, 6.45) is 2.79. The molecule has 0 bridgehead atoms. The van der Waals surface area contributed by atoms with Crippen LogP contribution in [0.15, 0.2) is 30.7 Å². The molecule has 0 amide bonds. The Morgan fingerprint density at radius 2 is 2.19 bits per heavy atom. The summed E-state index contributed by atoms with van der Waals surface area (Å²) in [7, 11) is 0. The Balaban J connectivity index is 2.35. The van der Waals surface area contributed by atoms with Crippen molar-refractivity contribution in [3.8, 4) is 17.4 Å². The summed E-state index contributed by atoms with van der Waals surface area (Å²) in [5, 5.41) is 9.83. The van der Waals surface area contributed by atoms with Crippen molar-refractivity contribution in [3.05, 3.63) is 41.3 Å². The van der Waals surface area contributed by atoms with Gasteiger partial charge >= 0.3 is 0 Å². The second-order valence-electron chi connectivity index (χ2n) is 3.18. The van der Waals surface area contributed by atoms with Crippen LogP contribution in [0.25, 0.3) is 0 Å². The Kier molecular flexibility index (Phi) is 2.92. The molecule has 0 aliphatic carbocycles. The molecular formula is C11H9ClN2O2. The smallest absolute Gasteiger partial charge is 0.241 e. The van der Waals surface area contributed by atoms with Crippen LogP contribution >= 0.6 is 11.6 Å². The zero-order chi connectivity index (χ0) is 11.5. The number of benzene rings is 1. The first-order chi connectivity index (χ1) is 7.68. The summed E-state index contributed by atoms with van der Waals surface area (Å²) < 4.78 is 5.48. The van der Waals surface area contributed by atoms with Crippen molar-refractivity contribution >= 4 is 11.6 Å². The number of hydrogen-bond donors (Lipinski definition) is 1. The van der Waals surface area contributed by atoms with Gasteiger partial charge in [-0.3, -0.25) is 0 Å². The van der Waals surface area contributed by atoms with Gasteiger partial charge < -0.3 is 9.84 Å². The highest BCUT2D eigenvalue weighted by atomic mass is 35.5. The van der Waals surface area contributed by atoms with Gasteiger partial charge in [-0.1, -0.05) is 17.7 Å². The minimum absolute atomic E-state index is 0.169. The van der Waals surface area contributed by atoms with Crippen LogP contribution in [0.2, 0.25) is 5.02 Å². The van der Waals surface area contributed by atoms with Gasteiger partial charge in [0.2, 0.25) is 5.88 Å². The van der Waals surface area contributed by atoms with Crippen LogP contribution in [0, 0.1) is 6.92 Å². The Hall–Kier alpha value is -1.81. The molecule has 0 spiro atoms. The lowest BCUT2D eigenvalue weighted by molar-refractivity contribution is 0.438. The van der Waals surface area contributed by atoms with Gasteiger partial charge in [0, 0.05) is 5.56 Å². The van der Waals surface area contributed by atoms with Crippen LogP contribution in [0.4, 0.5) is 0 Å². The monoisotopic (exact) mass is 236 g/mol. The fraction of sp³-hybridized carbons (Fsp3) is 0.0909. The van der Waals surface area contributed by atoms with Crippen LogP contribution in [0.5, 0.6) is 17.4 Å². The molecule has 0 aliphatic heterocycles. The third-order valence-electron chi connectivity index (χ3n) is 2.10. The molecule has 1 aromatic carbocycles. The number of aromatic nitrogens is 2. The summed E-state index contributed by atoms with van der Waals surface area (Å²) >= 11 is 5.85. The Morgan fingerprint density at radius 1 is 1.38 bits per heavy atom. The topological polar surface area (TPSA) is 55.2 Å². The summed E-state index contributed by atoms with van der Waals surface area (Å²) in [4.78, 5) is 7.65. The molecule has 1 heterocycles. The summed E-state index contributed by atoms with van der Waals surface area (Å²) in [5.41, 5.74) is 0.636. The Bertz CT molecular complexity index is 517. The van der Waals surface area contributed by atoms with Crippen molar-refractivity contribution in [2.75, 3.05) is 0 Å². The highest BCUT2D eigenvalue weighted by molar-refractivity contribution is 6.31. The quantitative estimate of drug-likeness (QED) is 0.871. The maximum Gasteiger partial charge on any atom is 0.241 e. The molecular weight excluding hydrogens is 228 g/mol. The number of rotatable bonds is 2. The van der Waals surface area contributed by atoms with Gasteiger partial charge in [-0.15, -0.1) is 0 Å². The second kappa shape index (κ2) is 4.37. The molecule has 0 aliphatic rings. The molecule has 16 heavy (non-hydrogen) atoms. The number of halogens is 1. The van der Waals surface area contributed by atoms with E-state index in [9.17, 15) is 5.11 Å². The predicted molar refractivity (Wildman–Crippen MR) is 60.0 cm³/mol. The van der Waals surface area contributed by atoms with Crippen LogP contribution in [-0.2, 0) is 0 Å². The van der Waals surface area contributed by atoms with E-state index in [0.717, 1.165) is 0 Å². The first-order valence-electron chi connectivity index (χ1n) is 4.60. The minimum atomic E-state index is 0.169. The molecule has 4 nitrogen and oxygen atoms in total. The fourth-order valence-electron chi connectivity index (χ4n) is 1.19. The number of nitrogens with zero attached hydrogens (tertiary/aromatic N) is 2. The first-order valence-corrected chi connectivity index (χ1v) is 4.98. The van der Waals surface area contributed by atoms with Crippen LogP contribution in [0.3, 0.4) is 0 Å². The lowest BCUT2D eigenvalue weighted by Crippen LogP contribution is -1.91. The SMILES string of the molecule is Cc1c(O)cccc1Oc1ncncc1Cl. The second-order valence-corrected chi connectivity index (χ2v) is 3.59. The molecule has 2 aromatic rings. The molecule has 0 saturated carbocycles. The Labute approximate surface area is 97.5 Å². The van der Waals surface area contributed by atoms with E-state index >= 15 is 0 Å². The van der Waals surface area contributed by atoms with E-state index in [1.54, 1.807) is 25.1 Å². The van der Waals surface area contributed by atoms with Crippen LogP contribution < -0.4 is 4.74 Å². The molecule has 2 rings (SSSR count). The van der Waals surface area contributed by atoms with E-state index < -0.39 is 0 Å². The summed E-state index contributed by atoms with van der Waals surface area (Å²) in [5.74, 6) is 0.952. The zero-order valence-electron chi connectivity index (χ0n) is 8.51. The normalized spacial score (nSPS) is 10.1. The average molecular weight is 237 g/mol. The summed E-state index contributed by atoms with van der Waals surface area (Å²) in [6.45, 7) is 1.75.